The van der Waals surface area contributed by atoms with Crippen molar-refractivity contribution in [3.8, 4) is 5.75 Å². The van der Waals surface area contributed by atoms with Crippen LogP contribution in [0.3, 0.4) is 0 Å². The predicted octanol–water partition coefficient (Wildman–Crippen LogP) is 6.51. The number of methoxy groups -OCH3 is 2. The molecule has 4 fully saturated rings. The molecule has 4 atom stereocenters. The summed E-state index contributed by atoms with van der Waals surface area (Å²) in [5.74, 6) is -2.11. The number of amides is 1. The maximum Gasteiger partial charge on any atom is 0.416 e. The Balaban J connectivity index is 1.29. The molecule has 1 saturated carbocycles. The van der Waals surface area contributed by atoms with Gasteiger partial charge in [0, 0.05) is 56.3 Å². The average molecular weight is 678 g/mol. The van der Waals surface area contributed by atoms with Crippen LogP contribution in [0.2, 0.25) is 0 Å². The molecule has 0 spiro atoms. The minimum Gasteiger partial charge on any atom is -0.497 e. The van der Waals surface area contributed by atoms with Gasteiger partial charge in [0.1, 0.15) is 12.4 Å². The number of esters is 1. The van der Waals surface area contributed by atoms with Gasteiger partial charge in [-0.25, -0.2) is 8.78 Å². The van der Waals surface area contributed by atoms with Crippen LogP contribution in [0.5, 0.6) is 5.75 Å². The third-order valence-corrected chi connectivity index (χ3v) is 11.1. The molecule has 12 heteroatoms. The second-order valence-corrected chi connectivity index (χ2v) is 13.8. The minimum atomic E-state index is -4.58. The first-order valence-electron chi connectivity index (χ1n) is 16.9. The van der Waals surface area contributed by atoms with Gasteiger partial charge in [0.05, 0.1) is 31.7 Å². The fourth-order valence-electron chi connectivity index (χ4n) is 8.46. The standard InChI is InChI=1S/C36H44F5N3O4/c1-47-29-10-7-23(8-11-29)31-21-43(27-5-3-4-6-27)22-35(31,38)34(46)44-20-25(17-28(44)19-37)30-12-9-26(36(39,40)41)18-32(30)42-15-13-24(14-16-42)33(45)48-2/h7-12,18,24-25,27-28,31H,3-6,13-17,19-22H2,1-2H3/t25-,28+,31+,35+/m1/s1. The van der Waals surface area contributed by atoms with Crippen LogP contribution >= 0.6 is 0 Å². The summed E-state index contributed by atoms with van der Waals surface area (Å²) in [4.78, 5) is 31.7. The number of carbonyl (C=O) groups excluding carboxylic acids is 2. The van der Waals surface area contributed by atoms with Crippen molar-refractivity contribution in [3.05, 3.63) is 59.2 Å². The topological polar surface area (TPSA) is 62.3 Å². The molecule has 1 aliphatic carbocycles. The van der Waals surface area contributed by atoms with E-state index in [0.717, 1.165) is 37.8 Å². The van der Waals surface area contributed by atoms with E-state index in [1.54, 1.807) is 31.4 Å². The molecule has 3 aliphatic heterocycles. The van der Waals surface area contributed by atoms with E-state index in [4.69, 9.17) is 9.47 Å². The lowest BCUT2D eigenvalue weighted by Crippen LogP contribution is -2.52. The predicted molar refractivity (Wildman–Crippen MR) is 171 cm³/mol. The summed E-state index contributed by atoms with van der Waals surface area (Å²) < 4.78 is 84.1. The molecule has 48 heavy (non-hydrogen) atoms. The summed E-state index contributed by atoms with van der Waals surface area (Å²) >= 11 is 0. The number of alkyl halides is 5. The van der Waals surface area contributed by atoms with E-state index in [2.05, 4.69) is 4.90 Å². The monoisotopic (exact) mass is 677 g/mol. The van der Waals surface area contributed by atoms with Crippen LogP contribution in [0.15, 0.2) is 42.5 Å². The van der Waals surface area contributed by atoms with E-state index in [0.29, 0.717) is 55.0 Å². The maximum absolute atomic E-state index is 17.6. The molecule has 3 saturated heterocycles. The molecule has 4 aliphatic rings. The Morgan fingerprint density at radius 1 is 0.958 bits per heavy atom. The molecular formula is C36H44F5N3O4. The molecule has 0 bridgehead atoms. The summed E-state index contributed by atoms with van der Waals surface area (Å²) in [6.45, 7) is 0.0524. The Hall–Kier alpha value is -3.41. The summed E-state index contributed by atoms with van der Waals surface area (Å²) in [5.41, 5.74) is -1.54. The fourth-order valence-corrected chi connectivity index (χ4v) is 8.46. The second-order valence-electron chi connectivity index (χ2n) is 13.8. The lowest BCUT2D eigenvalue weighted by molar-refractivity contribution is -0.146. The van der Waals surface area contributed by atoms with E-state index in [1.807, 2.05) is 4.90 Å². The van der Waals surface area contributed by atoms with E-state index >= 15 is 4.39 Å². The minimum absolute atomic E-state index is 0.00512. The molecule has 6 rings (SSSR count). The number of carbonyl (C=O) groups is 2. The first-order valence-corrected chi connectivity index (χ1v) is 16.9. The average Bonchev–Trinajstić information content (AvgIpc) is 3.87. The second kappa shape index (κ2) is 13.8. The van der Waals surface area contributed by atoms with E-state index in [1.165, 1.54) is 18.1 Å². The largest absolute Gasteiger partial charge is 0.497 e. The van der Waals surface area contributed by atoms with Crippen LogP contribution in [0.25, 0.3) is 0 Å². The highest BCUT2D eigenvalue weighted by molar-refractivity contribution is 5.88. The van der Waals surface area contributed by atoms with Gasteiger partial charge >= 0.3 is 12.1 Å². The highest BCUT2D eigenvalue weighted by Gasteiger charge is 2.58. The summed E-state index contributed by atoms with van der Waals surface area (Å²) in [5, 5.41) is 0. The van der Waals surface area contributed by atoms with Gasteiger partial charge in [0.25, 0.3) is 5.91 Å². The smallest absolute Gasteiger partial charge is 0.416 e. The zero-order valence-corrected chi connectivity index (χ0v) is 27.5. The highest BCUT2D eigenvalue weighted by atomic mass is 19.4. The van der Waals surface area contributed by atoms with Gasteiger partial charge in [-0.05, 0) is 67.5 Å². The van der Waals surface area contributed by atoms with Crippen LogP contribution < -0.4 is 9.64 Å². The zero-order chi connectivity index (χ0) is 34.2. The first kappa shape index (κ1) is 34.5. The SMILES string of the molecule is COC(=O)C1CCN(c2cc(C(F)(F)F)ccc2[C@@H]2C[C@@H](CF)N(C(=O)[C@]3(F)CN(C4CCCC4)C[C@H]3c3ccc(OC)cc3)C2)CC1. The third-order valence-electron chi connectivity index (χ3n) is 11.1. The number of hydrogen-bond acceptors (Lipinski definition) is 6. The molecule has 7 nitrogen and oxygen atoms in total. The molecule has 1 amide bonds. The van der Waals surface area contributed by atoms with Gasteiger partial charge in [-0.15, -0.1) is 0 Å². The number of benzene rings is 2. The lowest BCUT2D eigenvalue weighted by Gasteiger charge is -2.35. The van der Waals surface area contributed by atoms with Gasteiger partial charge in [0.15, 0.2) is 0 Å². The maximum atomic E-state index is 17.6. The van der Waals surface area contributed by atoms with Crippen molar-refractivity contribution in [1.82, 2.24) is 9.80 Å². The number of rotatable bonds is 8. The van der Waals surface area contributed by atoms with Crippen molar-refractivity contribution in [1.29, 1.82) is 0 Å². The number of anilines is 1. The van der Waals surface area contributed by atoms with E-state index in [9.17, 15) is 27.2 Å². The molecule has 0 aromatic heterocycles. The lowest BCUT2D eigenvalue weighted by atomic mass is 9.85. The van der Waals surface area contributed by atoms with Crippen LogP contribution in [0.4, 0.5) is 27.6 Å². The number of piperidine rings is 1. The van der Waals surface area contributed by atoms with E-state index in [-0.39, 0.29) is 37.4 Å². The molecule has 2 aromatic carbocycles. The molecule has 262 valence electrons. The van der Waals surface area contributed by atoms with Gasteiger partial charge < -0.3 is 19.3 Å². The van der Waals surface area contributed by atoms with Crippen LogP contribution in [-0.4, -0.2) is 93.0 Å². The van der Waals surface area contributed by atoms with Crippen molar-refractivity contribution in [2.75, 3.05) is 58.5 Å². The number of nitrogens with zero attached hydrogens (tertiary/aromatic N) is 3. The zero-order valence-electron chi connectivity index (χ0n) is 27.5. The molecule has 0 radical (unpaired) electrons. The normalized spacial score (nSPS) is 27.5. The number of likely N-dealkylation sites (tertiary alicyclic amines) is 2. The van der Waals surface area contributed by atoms with Crippen molar-refractivity contribution >= 4 is 17.6 Å². The Bertz CT molecular complexity index is 1460. The summed E-state index contributed by atoms with van der Waals surface area (Å²) in [7, 11) is 2.86. The molecule has 0 N–H and O–H groups in total. The van der Waals surface area contributed by atoms with Crippen molar-refractivity contribution < 1.29 is 41.0 Å². The Labute approximate surface area is 278 Å². The molecule has 3 heterocycles. The number of hydrogen-bond donors (Lipinski definition) is 0. The Morgan fingerprint density at radius 2 is 1.65 bits per heavy atom. The first-order chi connectivity index (χ1) is 23.0. The summed E-state index contributed by atoms with van der Waals surface area (Å²) in [6, 6.07) is 9.86. The molecule has 0 unspecified atom stereocenters. The molecule has 2 aromatic rings. The van der Waals surface area contributed by atoms with Crippen LogP contribution in [-0.2, 0) is 20.5 Å². The number of ether oxygens (including phenoxy) is 2. The van der Waals surface area contributed by atoms with Gasteiger partial charge in [-0.2, -0.15) is 13.2 Å². The third kappa shape index (κ3) is 6.61. The molecular weight excluding hydrogens is 633 g/mol. The van der Waals surface area contributed by atoms with Crippen molar-refractivity contribution in [3.63, 3.8) is 0 Å². The van der Waals surface area contributed by atoms with Gasteiger partial charge in [-0.1, -0.05) is 31.0 Å². The quantitative estimate of drug-likeness (QED) is 0.235. The summed E-state index contributed by atoms with van der Waals surface area (Å²) in [6.07, 6.45) is 0.386. The fraction of sp³-hybridized carbons (Fsp3) is 0.611. The van der Waals surface area contributed by atoms with Crippen LogP contribution in [0, 0.1) is 5.92 Å². The number of halogens is 5. The Morgan fingerprint density at radius 3 is 2.25 bits per heavy atom. The van der Waals surface area contributed by atoms with Crippen LogP contribution in [0.1, 0.15) is 73.5 Å². The van der Waals surface area contributed by atoms with E-state index < -0.39 is 47.9 Å². The highest BCUT2D eigenvalue weighted by Crippen LogP contribution is 2.47. The van der Waals surface area contributed by atoms with Crippen molar-refractivity contribution in [2.45, 2.75) is 80.7 Å². The van der Waals surface area contributed by atoms with Gasteiger partial charge in [-0.3, -0.25) is 14.5 Å². The Kier molecular flexibility index (Phi) is 9.93. The van der Waals surface area contributed by atoms with Crippen molar-refractivity contribution in [2.24, 2.45) is 5.92 Å². The van der Waals surface area contributed by atoms with Gasteiger partial charge in [0.2, 0.25) is 5.67 Å².